The highest BCUT2D eigenvalue weighted by atomic mass is 32.1. The molecule has 0 aromatic carbocycles. The van der Waals surface area contributed by atoms with Gasteiger partial charge in [-0.15, -0.1) is 11.3 Å². The van der Waals surface area contributed by atoms with E-state index in [0.29, 0.717) is 6.42 Å². The van der Waals surface area contributed by atoms with Crippen LogP contribution in [0.1, 0.15) is 22.8 Å². The molecular formula is C12H14N2OS. The zero-order chi connectivity index (χ0) is 11.0. The van der Waals surface area contributed by atoms with Gasteiger partial charge in [0.1, 0.15) is 5.82 Å². The van der Waals surface area contributed by atoms with Crippen molar-refractivity contribution in [2.24, 2.45) is 0 Å². The molecule has 84 valence electrons. The van der Waals surface area contributed by atoms with E-state index in [0.717, 1.165) is 30.9 Å². The first-order valence-corrected chi connectivity index (χ1v) is 6.44. The molecule has 1 unspecified atom stereocenters. The first-order valence-electron chi connectivity index (χ1n) is 5.56. The molecule has 0 aliphatic carbocycles. The Kier molecular flexibility index (Phi) is 2.53. The first kappa shape index (κ1) is 10.1. The average Bonchev–Trinajstić information content (AvgIpc) is 2.86. The van der Waals surface area contributed by atoms with Gasteiger partial charge < -0.3 is 9.67 Å². The Morgan fingerprint density at radius 3 is 3.31 bits per heavy atom. The predicted octanol–water partition coefficient (Wildman–Crippen LogP) is 1.84. The van der Waals surface area contributed by atoms with Gasteiger partial charge in [0.15, 0.2) is 0 Å². The van der Waals surface area contributed by atoms with Crippen molar-refractivity contribution in [3.05, 3.63) is 40.1 Å². The Hall–Kier alpha value is -1.13. The molecule has 3 nitrogen and oxygen atoms in total. The van der Waals surface area contributed by atoms with Gasteiger partial charge in [-0.2, -0.15) is 0 Å². The van der Waals surface area contributed by atoms with Gasteiger partial charge in [-0.3, -0.25) is 0 Å². The van der Waals surface area contributed by atoms with E-state index in [1.807, 2.05) is 0 Å². The van der Waals surface area contributed by atoms with Gasteiger partial charge in [0, 0.05) is 30.5 Å². The maximum atomic E-state index is 9.57. The summed E-state index contributed by atoms with van der Waals surface area (Å²) in [4.78, 5) is 5.93. The quantitative estimate of drug-likeness (QED) is 0.861. The molecule has 1 atom stereocenters. The molecule has 1 N–H and O–H groups in total. The summed E-state index contributed by atoms with van der Waals surface area (Å²) in [6, 6.07) is 4.21. The van der Waals surface area contributed by atoms with Crippen LogP contribution in [0.2, 0.25) is 0 Å². The van der Waals surface area contributed by atoms with E-state index < -0.39 is 0 Å². The number of hydrogen-bond donors (Lipinski definition) is 1. The van der Waals surface area contributed by atoms with Crippen molar-refractivity contribution in [2.75, 3.05) is 0 Å². The SMILES string of the molecule is OC1CCn2cc(Cc3cccs3)nc2C1. The summed E-state index contributed by atoms with van der Waals surface area (Å²) in [5.41, 5.74) is 1.12. The van der Waals surface area contributed by atoms with E-state index in [4.69, 9.17) is 0 Å². The van der Waals surface area contributed by atoms with Gasteiger partial charge in [0.05, 0.1) is 11.8 Å². The Labute approximate surface area is 98.4 Å². The van der Waals surface area contributed by atoms with Gasteiger partial charge >= 0.3 is 0 Å². The molecule has 0 bridgehead atoms. The molecule has 3 heterocycles. The normalized spacial score (nSPS) is 19.7. The van der Waals surface area contributed by atoms with Crippen molar-refractivity contribution >= 4 is 11.3 Å². The number of imidazole rings is 1. The Morgan fingerprint density at radius 1 is 1.56 bits per heavy atom. The molecule has 1 aliphatic rings. The number of aliphatic hydroxyl groups excluding tert-OH is 1. The molecule has 0 radical (unpaired) electrons. The van der Waals surface area contributed by atoms with Gasteiger partial charge in [0.2, 0.25) is 0 Å². The van der Waals surface area contributed by atoms with Crippen LogP contribution in [0, 0.1) is 0 Å². The fourth-order valence-corrected chi connectivity index (χ4v) is 2.87. The van der Waals surface area contributed by atoms with E-state index in [1.54, 1.807) is 11.3 Å². The molecule has 2 aromatic heterocycles. The number of fused-ring (bicyclic) bond motifs is 1. The molecule has 1 aliphatic heterocycles. The highest BCUT2D eigenvalue weighted by Gasteiger charge is 2.18. The van der Waals surface area contributed by atoms with E-state index in [9.17, 15) is 5.11 Å². The van der Waals surface area contributed by atoms with Gasteiger partial charge in [-0.25, -0.2) is 4.98 Å². The van der Waals surface area contributed by atoms with Crippen LogP contribution in [0.3, 0.4) is 0 Å². The van der Waals surface area contributed by atoms with Gasteiger partial charge in [0.25, 0.3) is 0 Å². The highest BCUT2D eigenvalue weighted by molar-refractivity contribution is 7.09. The highest BCUT2D eigenvalue weighted by Crippen LogP contribution is 2.18. The molecule has 16 heavy (non-hydrogen) atoms. The fraction of sp³-hybridized carbons (Fsp3) is 0.417. The second-order valence-corrected chi connectivity index (χ2v) is 5.28. The molecule has 0 saturated carbocycles. The summed E-state index contributed by atoms with van der Waals surface area (Å²) in [7, 11) is 0. The standard InChI is InChI=1S/C12H14N2OS/c15-10-3-4-14-8-9(13-12(14)7-10)6-11-2-1-5-16-11/h1-2,5,8,10,15H,3-4,6-7H2. The van der Waals surface area contributed by atoms with Crippen molar-refractivity contribution in [1.29, 1.82) is 0 Å². The number of aryl methyl sites for hydroxylation is 1. The molecule has 0 fully saturated rings. The number of thiophene rings is 1. The van der Waals surface area contributed by atoms with Crippen LogP contribution in [0.15, 0.2) is 23.7 Å². The van der Waals surface area contributed by atoms with Gasteiger partial charge in [-0.1, -0.05) is 6.07 Å². The molecular weight excluding hydrogens is 220 g/mol. The van der Waals surface area contributed by atoms with Crippen LogP contribution >= 0.6 is 11.3 Å². The zero-order valence-corrected chi connectivity index (χ0v) is 9.78. The number of aliphatic hydroxyl groups is 1. The van der Waals surface area contributed by atoms with Crippen LogP contribution in [-0.4, -0.2) is 20.8 Å². The molecule has 0 amide bonds. The van der Waals surface area contributed by atoms with Crippen LogP contribution in [0.4, 0.5) is 0 Å². The zero-order valence-electron chi connectivity index (χ0n) is 8.97. The predicted molar refractivity (Wildman–Crippen MR) is 63.7 cm³/mol. The van der Waals surface area contributed by atoms with Crippen molar-refractivity contribution in [3.63, 3.8) is 0 Å². The van der Waals surface area contributed by atoms with Crippen LogP contribution in [-0.2, 0) is 19.4 Å². The maximum Gasteiger partial charge on any atom is 0.111 e. The minimum atomic E-state index is -0.204. The van der Waals surface area contributed by atoms with E-state index in [2.05, 4.69) is 33.3 Å². The third kappa shape index (κ3) is 1.90. The lowest BCUT2D eigenvalue weighted by Gasteiger charge is -2.18. The first-order chi connectivity index (χ1) is 7.81. The molecule has 2 aromatic rings. The lowest BCUT2D eigenvalue weighted by molar-refractivity contribution is 0.141. The molecule has 0 spiro atoms. The molecule has 4 heteroatoms. The lowest BCUT2D eigenvalue weighted by Crippen LogP contribution is -2.22. The van der Waals surface area contributed by atoms with Crippen LogP contribution < -0.4 is 0 Å². The smallest absolute Gasteiger partial charge is 0.111 e. The monoisotopic (exact) mass is 234 g/mol. The van der Waals surface area contributed by atoms with Crippen molar-refractivity contribution < 1.29 is 5.11 Å². The average molecular weight is 234 g/mol. The minimum Gasteiger partial charge on any atom is -0.393 e. The van der Waals surface area contributed by atoms with E-state index in [1.165, 1.54) is 4.88 Å². The Bertz CT molecular complexity index is 475. The number of aromatic nitrogens is 2. The summed E-state index contributed by atoms with van der Waals surface area (Å²) >= 11 is 1.77. The largest absolute Gasteiger partial charge is 0.393 e. The topological polar surface area (TPSA) is 38.0 Å². The lowest BCUT2D eigenvalue weighted by atomic mass is 10.1. The summed E-state index contributed by atoms with van der Waals surface area (Å²) < 4.78 is 2.18. The third-order valence-corrected chi connectivity index (χ3v) is 3.84. The van der Waals surface area contributed by atoms with E-state index >= 15 is 0 Å². The summed E-state index contributed by atoms with van der Waals surface area (Å²) in [6.07, 6.45) is 4.38. The Balaban J connectivity index is 1.82. The fourth-order valence-electron chi connectivity index (χ4n) is 2.15. The second-order valence-electron chi connectivity index (χ2n) is 4.24. The number of rotatable bonds is 2. The molecule has 3 rings (SSSR count). The maximum absolute atomic E-state index is 9.57. The van der Waals surface area contributed by atoms with Crippen molar-refractivity contribution in [2.45, 2.75) is 31.9 Å². The van der Waals surface area contributed by atoms with Crippen molar-refractivity contribution in [1.82, 2.24) is 9.55 Å². The second kappa shape index (κ2) is 4.03. The third-order valence-electron chi connectivity index (χ3n) is 2.97. The van der Waals surface area contributed by atoms with Crippen molar-refractivity contribution in [3.8, 4) is 0 Å². The molecule has 0 saturated heterocycles. The minimum absolute atomic E-state index is 0.204. The van der Waals surface area contributed by atoms with Crippen LogP contribution in [0.5, 0.6) is 0 Å². The summed E-state index contributed by atoms with van der Waals surface area (Å²) in [5.74, 6) is 1.03. The number of nitrogens with zero attached hydrogens (tertiary/aromatic N) is 2. The number of hydrogen-bond acceptors (Lipinski definition) is 3. The summed E-state index contributed by atoms with van der Waals surface area (Å²) in [6.45, 7) is 0.897. The summed E-state index contributed by atoms with van der Waals surface area (Å²) in [5, 5.41) is 11.7. The van der Waals surface area contributed by atoms with Crippen LogP contribution in [0.25, 0.3) is 0 Å². The van der Waals surface area contributed by atoms with E-state index in [-0.39, 0.29) is 6.10 Å². The van der Waals surface area contributed by atoms with Gasteiger partial charge in [-0.05, 0) is 17.9 Å². The Morgan fingerprint density at radius 2 is 2.50 bits per heavy atom.